The molecule has 1 atom stereocenters. The first kappa shape index (κ1) is 24.1. The van der Waals surface area contributed by atoms with E-state index < -0.39 is 6.04 Å². The van der Waals surface area contributed by atoms with Crippen LogP contribution in [0.25, 0.3) is 0 Å². The molecule has 1 saturated heterocycles. The number of halogens is 2. The third-order valence-corrected chi connectivity index (χ3v) is 4.13. The second-order valence-electron chi connectivity index (χ2n) is 6.61. The second-order valence-corrected chi connectivity index (χ2v) is 6.61. The predicted octanol–water partition coefficient (Wildman–Crippen LogP) is 2.35. The van der Waals surface area contributed by atoms with Gasteiger partial charge in [-0.15, -0.1) is 24.8 Å². The Morgan fingerprint density at radius 1 is 1.20 bits per heavy atom. The minimum Gasteiger partial charge on any atom is -0.379 e. The van der Waals surface area contributed by atoms with Crippen LogP contribution in [0.4, 0.5) is 0 Å². The van der Waals surface area contributed by atoms with Gasteiger partial charge in [-0.2, -0.15) is 0 Å². The van der Waals surface area contributed by atoms with Crippen LogP contribution in [0.2, 0.25) is 0 Å². The fourth-order valence-electron chi connectivity index (χ4n) is 2.81. The van der Waals surface area contributed by atoms with Crippen molar-refractivity contribution >= 4 is 30.7 Å². The molecule has 25 heavy (non-hydrogen) atoms. The molecule has 1 fully saturated rings. The SMILES string of the molecule is CC(C)C[C@H](N)C(=O)NCc1ccccc1CN1CCOCC1.Cl.Cl. The van der Waals surface area contributed by atoms with E-state index in [2.05, 4.69) is 36.2 Å². The lowest BCUT2D eigenvalue weighted by Gasteiger charge is -2.27. The highest BCUT2D eigenvalue weighted by Gasteiger charge is 2.16. The Morgan fingerprint density at radius 3 is 2.40 bits per heavy atom. The van der Waals surface area contributed by atoms with Gasteiger partial charge in [0.05, 0.1) is 19.3 Å². The summed E-state index contributed by atoms with van der Waals surface area (Å²) in [5.74, 6) is 0.351. The van der Waals surface area contributed by atoms with Gasteiger partial charge in [0, 0.05) is 26.2 Å². The molecule has 0 radical (unpaired) electrons. The van der Waals surface area contributed by atoms with Crippen LogP contribution in [-0.2, 0) is 22.6 Å². The summed E-state index contributed by atoms with van der Waals surface area (Å²) in [6.07, 6.45) is 0.710. The summed E-state index contributed by atoms with van der Waals surface area (Å²) in [6.45, 7) is 9.08. The molecule has 3 N–H and O–H groups in total. The summed E-state index contributed by atoms with van der Waals surface area (Å²) < 4.78 is 5.39. The second kappa shape index (κ2) is 12.5. The smallest absolute Gasteiger partial charge is 0.237 e. The zero-order chi connectivity index (χ0) is 16.7. The molecule has 1 heterocycles. The topological polar surface area (TPSA) is 67.6 Å². The minimum absolute atomic E-state index is 0. The van der Waals surface area contributed by atoms with Gasteiger partial charge in [0.1, 0.15) is 0 Å². The Bertz CT molecular complexity index is 509. The van der Waals surface area contributed by atoms with Gasteiger partial charge in [-0.25, -0.2) is 0 Å². The summed E-state index contributed by atoms with van der Waals surface area (Å²) in [7, 11) is 0. The third-order valence-electron chi connectivity index (χ3n) is 4.13. The van der Waals surface area contributed by atoms with E-state index in [-0.39, 0.29) is 30.7 Å². The quantitative estimate of drug-likeness (QED) is 0.748. The summed E-state index contributed by atoms with van der Waals surface area (Å²) in [6, 6.07) is 7.83. The molecule has 5 nitrogen and oxygen atoms in total. The van der Waals surface area contributed by atoms with Crippen LogP contribution in [0.3, 0.4) is 0 Å². The van der Waals surface area contributed by atoms with Crippen LogP contribution in [0.1, 0.15) is 31.4 Å². The van der Waals surface area contributed by atoms with Crippen molar-refractivity contribution in [2.45, 2.75) is 39.4 Å². The zero-order valence-corrected chi connectivity index (χ0v) is 16.7. The van der Waals surface area contributed by atoms with E-state index in [1.165, 1.54) is 5.56 Å². The molecule has 1 aromatic rings. The average molecular weight is 392 g/mol. The van der Waals surface area contributed by atoms with Gasteiger partial charge in [-0.3, -0.25) is 9.69 Å². The number of ether oxygens (including phenoxy) is 1. The van der Waals surface area contributed by atoms with E-state index in [1.807, 2.05) is 12.1 Å². The number of carbonyl (C=O) groups excluding carboxylic acids is 1. The molecule has 0 spiro atoms. The number of nitrogens with two attached hydrogens (primary N) is 1. The van der Waals surface area contributed by atoms with Crippen molar-refractivity contribution < 1.29 is 9.53 Å². The Morgan fingerprint density at radius 2 is 1.80 bits per heavy atom. The number of rotatable bonds is 7. The van der Waals surface area contributed by atoms with Crippen LogP contribution >= 0.6 is 24.8 Å². The highest BCUT2D eigenvalue weighted by Crippen LogP contribution is 2.13. The molecule has 144 valence electrons. The van der Waals surface area contributed by atoms with Gasteiger partial charge in [0.2, 0.25) is 5.91 Å². The van der Waals surface area contributed by atoms with E-state index in [0.29, 0.717) is 18.9 Å². The minimum atomic E-state index is -0.429. The molecule has 1 aliphatic heterocycles. The van der Waals surface area contributed by atoms with Crippen LogP contribution in [0.15, 0.2) is 24.3 Å². The first-order valence-corrected chi connectivity index (χ1v) is 8.46. The number of amides is 1. The lowest BCUT2D eigenvalue weighted by molar-refractivity contribution is -0.122. The van der Waals surface area contributed by atoms with Gasteiger partial charge >= 0.3 is 0 Å². The molecule has 0 saturated carbocycles. The average Bonchev–Trinajstić information content (AvgIpc) is 2.54. The maximum Gasteiger partial charge on any atom is 0.237 e. The number of nitrogens with zero attached hydrogens (tertiary/aromatic N) is 1. The summed E-state index contributed by atoms with van der Waals surface area (Å²) in [5, 5.41) is 2.97. The molecule has 0 bridgehead atoms. The van der Waals surface area contributed by atoms with E-state index >= 15 is 0 Å². The van der Waals surface area contributed by atoms with Crippen molar-refractivity contribution in [3.8, 4) is 0 Å². The lowest BCUT2D eigenvalue weighted by Crippen LogP contribution is -2.41. The third kappa shape index (κ3) is 8.38. The fourth-order valence-corrected chi connectivity index (χ4v) is 2.81. The Kier molecular flexibility index (Phi) is 12.1. The molecular weight excluding hydrogens is 361 g/mol. The monoisotopic (exact) mass is 391 g/mol. The standard InChI is InChI=1S/C18H29N3O2.2ClH/c1-14(2)11-17(19)18(22)20-12-15-5-3-4-6-16(15)13-21-7-9-23-10-8-21;;/h3-6,14,17H,7-13,19H2,1-2H3,(H,20,22);2*1H/t17-;;/m0../s1. The van der Waals surface area contributed by atoms with Gasteiger partial charge in [-0.05, 0) is 23.5 Å². The number of carbonyl (C=O) groups is 1. The maximum absolute atomic E-state index is 12.1. The van der Waals surface area contributed by atoms with Gasteiger partial charge in [0.15, 0.2) is 0 Å². The largest absolute Gasteiger partial charge is 0.379 e. The predicted molar refractivity (Wildman–Crippen MR) is 106 cm³/mol. The van der Waals surface area contributed by atoms with E-state index in [1.54, 1.807) is 0 Å². The number of nitrogens with one attached hydrogen (secondary N) is 1. The van der Waals surface area contributed by atoms with Crippen LogP contribution in [0.5, 0.6) is 0 Å². The van der Waals surface area contributed by atoms with Crippen molar-refractivity contribution in [1.29, 1.82) is 0 Å². The normalized spacial score (nSPS) is 15.8. The molecule has 7 heteroatoms. The summed E-state index contributed by atoms with van der Waals surface area (Å²) >= 11 is 0. The van der Waals surface area contributed by atoms with Gasteiger partial charge < -0.3 is 15.8 Å². The van der Waals surface area contributed by atoms with Crippen molar-refractivity contribution in [2.75, 3.05) is 26.3 Å². The van der Waals surface area contributed by atoms with E-state index in [9.17, 15) is 4.79 Å². The van der Waals surface area contributed by atoms with Crippen molar-refractivity contribution in [3.05, 3.63) is 35.4 Å². The summed E-state index contributed by atoms with van der Waals surface area (Å²) in [4.78, 5) is 14.5. The highest BCUT2D eigenvalue weighted by atomic mass is 35.5. The Balaban J connectivity index is 0.00000288. The Hall–Kier alpha value is -0.850. The van der Waals surface area contributed by atoms with Gasteiger partial charge in [-0.1, -0.05) is 38.1 Å². The highest BCUT2D eigenvalue weighted by molar-refractivity contribution is 5.85. The fraction of sp³-hybridized carbons (Fsp3) is 0.611. The number of benzene rings is 1. The molecule has 0 aliphatic carbocycles. The maximum atomic E-state index is 12.1. The molecule has 1 amide bonds. The van der Waals surface area contributed by atoms with Crippen LogP contribution in [-0.4, -0.2) is 43.2 Å². The van der Waals surface area contributed by atoms with Crippen LogP contribution < -0.4 is 11.1 Å². The van der Waals surface area contributed by atoms with Crippen LogP contribution in [0, 0.1) is 5.92 Å². The molecule has 0 unspecified atom stereocenters. The molecule has 2 rings (SSSR count). The molecule has 1 aliphatic rings. The number of morpholine rings is 1. The molecular formula is C18H31Cl2N3O2. The first-order chi connectivity index (χ1) is 11.1. The molecule has 0 aromatic heterocycles. The lowest BCUT2D eigenvalue weighted by atomic mass is 10.0. The number of hydrogen-bond acceptors (Lipinski definition) is 4. The van der Waals surface area contributed by atoms with Crippen molar-refractivity contribution in [2.24, 2.45) is 11.7 Å². The number of hydrogen-bond donors (Lipinski definition) is 2. The Labute approximate surface area is 163 Å². The van der Waals surface area contributed by atoms with E-state index in [4.69, 9.17) is 10.5 Å². The van der Waals surface area contributed by atoms with Crippen molar-refractivity contribution in [3.63, 3.8) is 0 Å². The zero-order valence-electron chi connectivity index (χ0n) is 15.1. The first-order valence-electron chi connectivity index (χ1n) is 8.46. The molecule has 1 aromatic carbocycles. The van der Waals surface area contributed by atoms with Crippen molar-refractivity contribution in [1.82, 2.24) is 10.2 Å². The van der Waals surface area contributed by atoms with Gasteiger partial charge in [0.25, 0.3) is 0 Å². The summed E-state index contributed by atoms with van der Waals surface area (Å²) in [5.41, 5.74) is 8.35. The van der Waals surface area contributed by atoms with E-state index in [0.717, 1.165) is 38.4 Å².